The largest absolute Gasteiger partial charge is 0.348 e. The molecule has 1 amide bonds. The molecule has 168 valence electrons. The molecule has 0 spiro atoms. The Bertz CT molecular complexity index is 959. The Morgan fingerprint density at radius 3 is 2.29 bits per heavy atom. The van der Waals surface area contributed by atoms with Gasteiger partial charge in [-0.2, -0.15) is 4.31 Å². The smallest absolute Gasteiger partial charge is 0.243 e. The molecule has 6 nitrogen and oxygen atoms in total. The summed E-state index contributed by atoms with van der Waals surface area (Å²) in [6.07, 6.45) is 0.699. The van der Waals surface area contributed by atoms with E-state index >= 15 is 0 Å². The van der Waals surface area contributed by atoms with Gasteiger partial charge in [-0.1, -0.05) is 61.9 Å². The maximum absolute atomic E-state index is 13.0. The van der Waals surface area contributed by atoms with Gasteiger partial charge >= 0.3 is 0 Å². The van der Waals surface area contributed by atoms with Crippen LogP contribution in [0.2, 0.25) is 0 Å². The van der Waals surface area contributed by atoms with Gasteiger partial charge in [0.15, 0.2) is 0 Å². The van der Waals surface area contributed by atoms with Gasteiger partial charge in [-0.15, -0.1) is 0 Å². The molecule has 1 saturated heterocycles. The first kappa shape index (κ1) is 23.4. The Hall–Kier alpha value is -2.22. The van der Waals surface area contributed by atoms with Crippen LogP contribution in [-0.2, 0) is 14.8 Å². The highest BCUT2D eigenvalue weighted by molar-refractivity contribution is 7.89. The van der Waals surface area contributed by atoms with Gasteiger partial charge in [0.25, 0.3) is 0 Å². The van der Waals surface area contributed by atoms with E-state index in [-0.39, 0.29) is 24.4 Å². The van der Waals surface area contributed by atoms with E-state index in [1.54, 1.807) is 12.1 Å². The van der Waals surface area contributed by atoms with Gasteiger partial charge in [0, 0.05) is 19.6 Å². The van der Waals surface area contributed by atoms with Crippen molar-refractivity contribution in [3.05, 3.63) is 65.7 Å². The highest BCUT2D eigenvalue weighted by atomic mass is 32.2. The summed E-state index contributed by atoms with van der Waals surface area (Å²) in [4.78, 5) is 15.1. The molecule has 2 aromatic rings. The molecule has 0 bridgehead atoms. The number of hydrogen-bond donors (Lipinski definition) is 1. The minimum atomic E-state index is -3.51. The molecule has 0 aromatic heterocycles. The number of sulfonamides is 1. The molecule has 2 aromatic carbocycles. The highest BCUT2D eigenvalue weighted by Gasteiger charge is 2.28. The minimum absolute atomic E-state index is 0.0302. The van der Waals surface area contributed by atoms with E-state index in [9.17, 15) is 13.2 Å². The number of rotatable bonds is 7. The Balaban J connectivity index is 1.59. The Morgan fingerprint density at radius 1 is 0.968 bits per heavy atom. The topological polar surface area (TPSA) is 69.7 Å². The lowest BCUT2D eigenvalue weighted by Crippen LogP contribution is -2.42. The van der Waals surface area contributed by atoms with Crippen molar-refractivity contribution in [2.75, 3.05) is 32.7 Å². The molecule has 0 aliphatic carbocycles. The summed E-state index contributed by atoms with van der Waals surface area (Å²) in [6.45, 7) is 8.49. The Labute approximate surface area is 186 Å². The van der Waals surface area contributed by atoms with Gasteiger partial charge < -0.3 is 5.32 Å². The molecule has 7 heteroatoms. The molecular weight excluding hydrogens is 410 g/mol. The third kappa shape index (κ3) is 6.15. The first-order valence-electron chi connectivity index (χ1n) is 10.9. The summed E-state index contributed by atoms with van der Waals surface area (Å²) in [5.74, 6) is 0.239. The predicted molar refractivity (Wildman–Crippen MR) is 123 cm³/mol. The van der Waals surface area contributed by atoms with Gasteiger partial charge in [-0.3, -0.25) is 9.69 Å². The Morgan fingerprint density at radius 2 is 1.65 bits per heavy atom. The second-order valence-electron chi connectivity index (χ2n) is 8.55. The Kier molecular flexibility index (Phi) is 7.86. The van der Waals surface area contributed by atoms with E-state index in [1.165, 1.54) is 4.31 Å². The number of nitrogens with zero attached hydrogens (tertiary/aromatic N) is 2. The number of nitrogens with one attached hydrogen (secondary N) is 1. The molecule has 0 saturated carbocycles. The van der Waals surface area contributed by atoms with Gasteiger partial charge in [-0.05, 0) is 43.5 Å². The zero-order valence-electron chi connectivity index (χ0n) is 18.6. The lowest BCUT2D eigenvalue weighted by atomic mass is 9.96. The average Bonchev–Trinajstić information content (AvgIpc) is 2.99. The lowest BCUT2D eigenvalue weighted by molar-refractivity contribution is -0.123. The fourth-order valence-corrected chi connectivity index (χ4v) is 5.39. The van der Waals surface area contributed by atoms with Crippen LogP contribution in [0.1, 0.15) is 37.4 Å². The zero-order valence-corrected chi connectivity index (χ0v) is 19.4. The molecular formula is C24H33N3O3S. The first-order valence-corrected chi connectivity index (χ1v) is 12.3. The summed E-state index contributed by atoms with van der Waals surface area (Å²) in [6, 6.07) is 16.9. The highest BCUT2D eigenvalue weighted by Crippen LogP contribution is 2.22. The molecule has 1 N–H and O–H groups in total. The van der Waals surface area contributed by atoms with E-state index in [4.69, 9.17) is 0 Å². The van der Waals surface area contributed by atoms with E-state index in [0.29, 0.717) is 37.5 Å². The van der Waals surface area contributed by atoms with E-state index < -0.39 is 10.0 Å². The van der Waals surface area contributed by atoms with Crippen LogP contribution in [0.4, 0.5) is 0 Å². The van der Waals surface area contributed by atoms with E-state index in [1.807, 2.05) is 54.3 Å². The number of benzene rings is 2. The number of hydrogen-bond acceptors (Lipinski definition) is 4. The quantitative estimate of drug-likeness (QED) is 0.713. The molecule has 1 atom stereocenters. The van der Waals surface area contributed by atoms with Crippen molar-refractivity contribution in [2.24, 2.45) is 5.92 Å². The van der Waals surface area contributed by atoms with Crippen LogP contribution < -0.4 is 5.32 Å². The van der Waals surface area contributed by atoms with Gasteiger partial charge in [0.1, 0.15) is 0 Å². The van der Waals surface area contributed by atoms with Crippen molar-refractivity contribution >= 4 is 15.9 Å². The van der Waals surface area contributed by atoms with Crippen molar-refractivity contribution in [1.29, 1.82) is 0 Å². The molecule has 1 heterocycles. The van der Waals surface area contributed by atoms with Gasteiger partial charge in [-0.25, -0.2) is 8.42 Å². The monoisotopic (exact) mass is 443 g/mol. The fourth-order valence-electron chi connectivity index (χ4n) is 3.92. The van der Waals surface area contributed by atoms with Crippen LogP contribution >= 0.6 is 0 Å². The van der Waals surface area contributed by atoms with E-state index in [2.05, 4.69) is 19.2 Å². The zero-order chi connectivity index (χ0) is 22.4. The second kappa shape index (κ2) is 10.4. The van der Waals surface area contributed by atoms with Gasteiger partial charge in [0.2, 0.25) is 15.9 Å². The summed E-state index contributed by atoms with van der Waals surface area (Å²) in [7, 11) is -3.51. The van der Waals surface area contributed by atoms with Crippen LogP contribution in [0, 0.1) is 12.8 Å². The first-order chi connectivity index (χ1) is 14.8. The van der Waals surface area contributed by atoms with Crippen LogP contribution in [0.3, 0.4) is 0 Å². The predicted octanol–water partition coefficient (Wildman–Crippen LogP) is 3.20. The molecule has 1 fully saturated rings. The molecule has 1 aliphatic heterocycles. The molecule has 0 radical (unpaired) electrons. The summed E-state index contributed by atoms with van der Waals surface area (Å²) in [5, 5.41) is 3.16. The summed E-state index contributed by atoms with van der Waals surface area (Å²) in [5.41, 5.74) is 2.12. The lowest BCUT2D eigenvalue weighted by Gasteiger charge is -2.25. The molecule has 31 heavy (non-hydrogen) atoms. The standard InChI is InChI=1S/C24H33N3O3S/c1-19(2)24(21-8-5-4-6-9-21)25-23(28)18-26-14-7-15-27(17-16-26)31(29,30)22-12-10-20(3)11-13-22/h4-6,8-13,19,24H,7,14-18H2,1-3H3,(H,25,28)/t24-/m0/s1. The second-order valence-corrected chi connectivity index (χ2v) is 10.5. The summed E-state index contributed by atoms with van der Waals surface area (Å²) < 4.78 is 27.5. The summed E-state index contributed by atoms with van der Waals surface area (Å²) >= 11 is 0. The average molecular weight is 444 g/mol. The normalized spacial score (nSPS) is 17.3. The van der Waals surface area contributed by atoms with Crippen molar-refractivity contribution < 1.29 is 13.2 Å². The third-order valence-electron chi connectivity index (χ3n) is 5.72. The number of carbonyl (C=O) groups is 1. The van der Waals surface area contributed by atoms with Crippen molar-refractivity contribution in [1.82, 2.24) is 14.5 Å². The van der Waals surface area contributed by atoms with Crippen molar-refractivity contribution in [3.8, 4) is 0 Å². The molecule has 1 aliphatic rings. The fraction of sp³-hybridized carbons (Fsp3) is 0.458. The molecule has 3 rings (SSSR count). The van der Waals surface area contributed by atoms with Gasteiger partial charge in [0.05, 0.1) is 17.5 Å². The maximum Gasteiger partial charge on any atom is 0.243 e. The number of aryl methyl sites for hydroxylation is 1. The van der Waals surface area contributed by atoms with Crippen molar-refractivity contribution in [2.45, 2.75) is 38.1 Å². The number of carbonyl (C=O) groups excluding carboxylic acids is 1. The number of amides is 1. The van der Waals surface area contributed by atoms with Crippen LogP contribution in [0.5, 0.6) is 0 Å². The minimum Gasteiger partial charge on any atom is -0.348 e. The van der Waals surface area contributed by atoms with E-state index in [0.717, 1.165) is 11.1 Å². The maximum atomic E-state index is 13.0. The van der Waals surface area contributed by atoms with Crippen LogP contribution in [-0.4, -0.2) is 56.3 Å². The molecule has 0 unspecified atom stereocenters. The SMILES string of the molecule is Cc1ccc(S(=O)(=O)N2CCCN(CC(=O)N[C@H](c3ccccc3)C(C)C)CC2)cc1. The van der Waals surface area contributed by atoms with Crippen LogP contribution in [0.15, 0.2) is 59.5 Å². The third-order valence-corrected chi connectivity index (χ3v) is 7.63. The van der Waals surface area contributed by atoms with Crippen molar-refractivity contribution in [3.63, 3.8) is 0 Å². The van der Waals surface area contributed by atoms with Crippen LogP contribution in [0.25, 0.3) is 0 Å².